The standard InChI is InChI=1S/C10H11Cl2NO3S/c1-13(2)9(14)5-4-17-8(6(5)11)7(12)10(15)16-3/h4,7H,1-3H3. The smallest absolute Gasteiger partial charge is 0.329 e. The van der Waals surface area contributed by atoms with Crippen LogP contribution >= 0.6 is 34.5 Å². The summed E-state index contributed by atoms with van der Waals surface area (Å²) < 4.78 is 4.52. The van der Waals surface area contributed by atoms with Crippen LogP contribution in [0.5, 0.6) is 0 Å². The summed E-state index contributed by atoms with van der Waals surface area (Å²) in [6.45, 7) is 0. The largest absolute Gasteiger partial charge is 0.468 e. The van der Waals surface area contributed by atoms with Crippen LogP contribution in [0.4, 0.5) is 0 Å². The molecule has 0 aliphatic rings. The van der Waals surface area contributed by atoms with Crippen LogP contribution in [0.1, 0.15) is 20.6 Å². The van der Waals surface area contributed by atoms with Gasteiger partial charge in [0.25, 0.3) is 5.91 Å². The van der Waals surface area contributed by atoms with Gasteiger partial charge in [-0.3, -0.25) is 9.59 Å². The van der Waals surface area contributed by atoms with Crippen LogP contribution in [0.2, 0.25) is 5.02 Å². The van der Waals surface area contributed by atoms with Gasteiger partial charge in [0.05, 0.1) is 22.6 Å². The fourth-order valence-electron chi connectivity index (χ4n) is 1.13. The maximum absolute atomic E-state index is 11.7. The molecule has 4 nitrogen and oxygen atoms in total. The molecule has 94 valence electrons. The Morgan fingerprint density at radius 3 is 2.53 bits per heavy atom. The van der Waals surface area contributed by atoms with Gasteiger partial charge in [-0.2, -0.15) is 0 Å². The molecule has 1 amide bonds. The fraction of sp³-hybridized carbons (Fsp3) is 0.400. The van der Waals surface area contributed by atoms with Crippen molar-refractivity contribution >= 4 is 46.4 Å². The molecule has 1 aromatic heterocycles. The predicted octanol–water partition coefficient (Wildman–Crippen LogP) is 2.56. The van der Waals surface area contributed by atoms with Gasteiger partial charge in [0.1, 0.15) is 0 Å². The number of halogens is 2. The molecular formula is C10H11Cl2NO3S. The Bertz CT molecular complexity index is 445. The van der Waals surface area contributed by atoms with Gasteiger partial charge in [-0.05, 0) is 0 Å². The lowest BCUT2D eigenvalue weighted by Crippen LogP contribution is -2.21. The molecule has 0 saturated carbocycles. The highest BCUT2D eigenvalue weighted by Gasteiger charge is 2.26. The number of hydrogen-bond donors (Lipinski definition) is 0. The molecular weight excluding hydrogens is 285 g/mol. The van der Waals surface area contributed by atoms with E-state index in [1.165, 1.54) is 12.0 Å². The second-order valence-corrected chi connectivity index (χ2v) is 5.14. The van der Waals surface area contributed by atoms with Crippen molar-refractivity contribution in [3.63, 3.8) is 0 Å². The molecule has 0 fully saturated rings. The van der Waals surface area contributed by atoms with Crippen LogP contribution in [0.3, 0.4) is 0 Å². The lowest BCUT2D eigenvalue weighted by atomic mass is 10.2. The lowest BCUT2D eigenvalue weighted by molar-refractivity contribution is -0.140. The zero-order chi connectivity index (χ0) is 13.2. The van der Waals surface area contributed by atoms with Crippen LogP contribution in [-0.2, 0) is 9.53 Å². The van der Waals surface area contributed by atoms with Crippen molar-refractivity contribution < 1.29 is 14.3 Å². The quantitative estimate of drug-likeness (QED) is 0.636. The number of esters is 1. The zero-order valence-corrected chi connectivity index (χ0v) is 11.8. The van der Waals surface area contributed by atoms with Gasteiger partial charge in [-0.25, -0.2) is 0 Å². The Morgan fingerprint density at radius 1 is 1.47 bits per heavy atom. The number of ether oxygens (including phenoxy) is 1. The molecule has 17 heavy (non-hydrogen) atoms. The molecule has 1 atom stereocenters. The summed E-state index contributed by atoms with van der Waals surface area (Å²) in [5, 5.41) is 0.804. The average molecular weight is 296 g/mol. The summed E-state index contributed by atoms with van der Waals surface area (Å²) in [4.78, 5) is 24.8. The molecule has 1 aromatic rings. The second kappa shape index (κ2) is 5.71. The summed E-state index contributed by atoms with van der Waals surface area (Å²) in [6, 6.07) is 0. The number of thiophene rings is 1. The third kappa shape index (κ3) is 2.91. The van der Waals surface area contributed by atoms with Crippen molar-refractivity contribution in [1.29, 1.82) is 0 Å². The van der Waals surface area contributed by atoms with E-state index in [1.54, 1.807) is 19.5 Å². The van der Waals surface area contributed by atoms with E-state index < -0.39 is 11.3 Å². The molecule has 0 bridgehead atoms. The number of amides is 1. The minimum absolute atomic E-state index is 0.208. The molecule has 1 unspecified atom stereocenters. The van der Waals surface area contributed by atoms with E-state index in [1.807, 2.05) is 0 Å². The van der Waals surface area contributed by atoms with Gasteiger partial charge in [0, 0.05) is 19.5 Å². The van der Waals surface area contributed by atoms with Crippen LogP contribution in [-0.4, -0.2) is 38.0 Å². The van der Waals surface area contributed by atoms with Crippen molar-refractivity contribution in [3.8, 4) is 0 Å². The number of carbonyl (C=O) groups is 2. The van der Waals surface area contributed by atoms with E-state index in [9.17, 15) is 9.59 Å². The molecule has 0 aliphatic carbocycles. The monoisotopic (exact) mass is 295 g/mol. The van der Waals surface area contributed by atoms with E-state index >= 15 is 0 Å². The lowest BCUT2D eigenvalue weighted by Gasteiger charge is -2.09. The maximum Gasteiger partial charge on any atom is 0.329 e. The van der Waals surface area contributed by atoms with E-state index in [0.29, 0.717) is 10.4 Å². The fourth-order valence-corrected chi connectivity index (χ4v) is 2.87. The number of methoxy groups -OCH3 is 1. The third-order valence-corrected chi connectivity index (χ3v) is 4.12. The summed E-state index contributed by atoms with van der Waals surface area (Å²) in [5.41, 5.74) is 0.339. The zero-order valence-electron chi connectivity index (χ0n) is 9.49. The van der Waals surface area contributed by atoms with Gasteiger partial charge in [-0.1, -0.05) is 11.6 Å². The number of rotatable bonds is 3. The molecule has 0 saturated heterocycles. The molecule has 0 N–H and O–H groups in total. The SMILES string of the molecule is COC(=O)C(Cl)c1scc(C(=O)N(C)C)c1Cl. The number of hydrogen-bond acceptors (Lipinski definition) is 4. The molecule has 0 aliphatic heterocycles. The highest BCUT2D eigenvalue weighted by molar-refractivity contribution is 7.11. The number of carbonyl (C=O) groups excluding carboxylic acids is 2. The number of nitrogens with zero attached hydrogens (tertiary/aromatic N) is 1. The molecule has 0 spiro atoms. The Kier molecular flexibility index (Phi) is 4.80. The van der Waals surface area contributed by atoms with E-state index in [0.717, 1.165) is 11.3 Å². The van der Waals surface area contributed by atoms with E-state index in [-0.39, 0.29) is 10.9 Å². The highest BCUT2D eigenvalue weighted by Crippen LogP contribution is 2.37. The first kappa shape index (κ1) is 14.3. The summed E-state index contributed by atoms with van der Waals surface area (Å²) >= 11 is 13.1. The van der Waals surface area contributed by atoms with Gasteiger partial charge in [0.15, 0.2) is 5.38 Å². The van der Waals surface area contributed by atoms with Crippen LogP contribution in [0.15, 0.2) is 5.38 Å². The normalized spacial score (nSPS) is 12.1. The molecule has 1 rings (SSSR count). The minimum Gasteiger partial charge on any atom is -0.468 e. The van der Waals surface area contributed by atoms with Crippen molar-refractivity contribution in [2.75, 3.05) is 21.2 Å². The summed E-state index contributed by atoms with van der Waals surface area (Å²) in [6.07, 6.45) is 0. The third-order valence-electron chi connectivity index (χ3n) is 2.03. The van der Waals surface area contributed by atoms with Crippen LogP contribution < -0.4 is 0 Å². The first-order valence-corrected chi connectivity index (χ1v) is 6.30. The first-order chi connectivity index (χ1) is 7.90. The molecule has 0 aromatic carbocycles. The molecule has 7 heteroatoms. The highest BCUT2D eigenvalue weighted by atomic mass is 35.5. The molecule has 0 radical (unpaired) electrons. The number of alkyl halides is 1. The Balaban J connectivity index is 3.07. The Labute approximate surface area is 113 Å². The predicted molar refractivity (Wildman–Crippen MR) is 68.0 cm³/mol. The van der Waals surface area contributed by atoms with Gasteiger partial charge in [0.2, 0.25) is 0 Å². The van der Waals surface area contributed by atoms with Gasteiger partial charge in [-0.15, -0.1) is 22.9 Å². The van der Waals surface area contributed by atoms with Gasteiger partial charge < -0.3 is 9.64 Å². The van der Waals surface area contributed by atoms with Crippen molar-refractivity contribution in [2.24, 2.45) is 0 Å². The summed E-state index contributed by atoms with van der Waals surface area (Å²) in [5.74, 6) is -0.828. The summed E-state index contributed by atoms with van der Waals surface area (Å²) in [7, 11) is 4.48. The van der Waals surface area contributed by atoms with E-state index in [4.69, 9.17) is 23.2 Å². The Morgan fingerprint density at radius 2 is 2.06 bits per heavy atom. The van der Waals surface area contributed by atoms with Crippen molar-refractivity contribution in [3.05, 3.63) is 20.8 Å². The maximum atomic E-state index is 11.7. The van der Waals surface area contributed by atoms with Crippen LogP contribution in [0.25, 0.3) is 0 Å². The van der Waals surface area contributed by atoms with Crippen molar-refractivity contribution in [1.82, 2.24) is 4.90 Å². The van der Waals surface area contributed by atoms with Crippen LogP contribution in [0, 0.1) is 0 Å². The van der Waals surface area contributed by atoms with E-state index in [2.05, 4.69) is 4.74 Å². The second-order valence-electron chi connectivity index (χ2n) is 3.41. The average Bonchev–Trinajstić information content (AvgIpc) is 2.67. The minimum atomic E-state index is -0.985. The van der Waals surface area contributed by atoms with Gasteiger partial charge >= 0.3 is 5.97 Å². The van der Waals surface area contributed by atoms with Crippen molar-refractivity contribution in [2.45, 2.75) is 5.38 Å². The first-order valence-electron chi connectivity index (χ1n) is 4.60. The topological polar surface area (TPSA) is 46.6 Å². The Hall–Kier alpha value is -0.780. The molecule has 1 heterocycles.